The number of carbonyl (C=O) groups is 3. The molecule has 0 saturated carbocycles. The number of esters is 1. The van der Waals surface area contributed by atoms with Gasteiger partial charge in [-0.25, -0.2) is 0 Å². The number of ether oxygens (including phenoxy) is 6. The van der Waals surface area contributed by atoms with Crippen molar-refractivity contribution in [2.45, 2.75) is 225 Å². The first-order valence-electron chi connectivity index (χ1n) is 22.0. The van der Waals surface area contributed by atoms with Gasteiger partial charge in [-0.3, -0.25) is 14.4 Å². The van der Waals surface area contributed by atoms with Gasteiger partial charge in [-0.1, -0.05) is 54.9 Å². The summed E-state index contributed by atoms with van der Waals surface area (Å²) in [7, 11) is 0. The minimum absolute atomic E-state index is 0.0233. The number of carbonyl (C=O) groups excluding carboxylic acids is 2. The number of hydrogen-bond donors (Lipinski definition) is 3. The number of carboxylic acids is 1. The molecular formula is C44H74O12. The molecular weight excluding hydrogens is 720 g/mol. The maximum Gasteiger partial charge on any atom is 0.309 e. The van der Waals surface area contributed by atoms with E-state index in [9.17, 15) is 29.7 Å². The summed E-state index contributed by atoms with van der Waals surface area (Å²) in [5.74, 6) is -5.94. The van der Waals surface area contributed by atoms with Crippen molar-refractivity contribution in [1.29, 1.82) is 0 Å². The molecule has 0 aromatic rings. The molecule has 0 aromatic heterocycles. The van der Waals surface area contributed by atoms with E-state index in [2.05, 4.69) is 13.8 Å². The molecule has 5 saturated heterocycles. The molecule has 5 heterocycles. The first-order valence-corrected chi connectivity index (χ1v) is 22.0. The van der Waals surface area contributed by atoms with Crippen molar-refractivity contribution < 1.29 is 58.1 Å². The van der Waals surface area contributed by atoms with Crippen molar-refractivity contribution in [3.05, 3.63) is 0 Å². The standard InChI is InChI=1S/C44H74O12/c1-11-15-32(40(48)49)34-17-14-16-33(53-34)27(6)37(46)28(7)38(47)31(12-2)39-25(4)24-26(5)43(54-39)21-19-36(52-30(9)45)44(56-43)23-22-41(10,55-44)35-18-20-42(50,13-3)29(8)51-35/h25-29,31-37,39,46,50H,11-24H2,1-10H3,(H,48,49). The lowest BCUT2D eigenvalue weighted by Gasteiger charge is -2.57. The van der Waals surface area contributed by atoms with E-state index in [0.29, 0.717) is 70.6 Å². The molecule has 0 radical (unpaired) electrons. The lowest BCUT2D eigenvalue weighted by molar-refractivity contribution is -0.442. The van der Waals surface area contributed by atoms with Gasteiger partial charge in [0.2, 0.25) is 5.79 Å². The highest BCUT2D eigenvalue weighted by Crippen LogP contribution is 2.56. The number of aliphatic hydroxyl groups is 2. The van der Waals surface area contributed by atoms with Crippen LogP contribution in [0.2, 0.25) is 0 Å². The van der Waals surface area contributed by atoms with Crippen molar-refractivity contribution in [2.75, 3.05) is 0 Å². The third-order valence-electron chi connectivity index (χ3n) is 14.9. The molecule has 2 spiro atoms. The third kappa shape index (κ3) is 8.92. The zero-order valence-corrected chi connectivity index (χ0v) is 35.9. The van der Waals surface area contributed by atoms with E-state index in [1.165, 1.54) is 6.92 Å². The molecule has 0 aromatic carbocycles. The van der Waals surface area contributed by atoms with Crippen LogP contribution in [0, 0.1) is 35.5 Å². The molecule has 5 aliphatic heterocycles. The third-order valence-corrected chi connectivity index (χ3v) is 14.9. The van der Waals surface area contributed by atoms with Gasteiger partial charge >= 0.3 is 11.9 Å². The molecule has 0 bridgehead atoms. The van der Waals surface area contributed by atoms with Crippen LogP contribution in [0.15, 0.2) is 0 Å². The van der Waals surface area contributed by atoms with Crippen LogP contribution in [0.5, 0.6) is 0 Å². The molecule has 12 nitrogen and oxygen atoms in total. The Balaban J connectivity index is 1.33. The van der Waals surface area contributed by atoms with Crippen LogP contribution in [-0.4, -0.2) is 98.5 Å². The number of ketones is 1. The Labute approximate surface area is 335 Å². The predicted octanol–water partition coefficient (Wildman–Crippen LogP) is 7.13. The zero-order valence-electron chi connectivity index (χ0n) is 35.9. The van der Waals surface area contributed by atoms with Crippen LogP contribution in [0.25, 0.3) is 0 Å². The highest BCUT2D eigenvalue weighted by Gasteiger charge is 2.65. The molecule has 0 amide bonds. The Morgan fingerprint density at radius 2 is 1.57 bits per heavy atom. The second-order valence-corrected chi connectivity index (χ2v) is 18.7. The molecule has 12 heteroatoms. The zero-order chi connectivity index (χ0) is 41.4. The van der Waals surface area contributed by atoms with Crippen LogP contribution in [0.3, 0.4) is 0 Å². The Kier molecular flexibility index (Phi) is 14.5. The lowest BCUT2D eigenvalue weighted by atomic mass is 9.72. The topological polar surface area (TPSA) is 167 Å². The fourth-order valence-corrected chi connectivity index (χ4v) is 11.1. The average Bonchev–Trinajstić information content (AvgIpc) is 3.50. The Bertz CT molecular complexity index is 1370. The van der Waals surface area contributed by atoms with Gasteiger partial charge in [-0.05, 0) is 90.4 Å². The Morgan fingerprint density at radius 3 is 2.18 bits per heavy atom. The van der Waals surface area contributed by atoms with Gasteiger partial charge in [0.05, 0.1) is 53.7 Å². The summed E-state index contributed by atoms with van der Waals surface area (Å²) in [5, 5.41) is 32.7. The van der Waals surface area contributed by atoms with Crippen LogP contribution < -0.4 is 0 Å². The summed E-state index contributed by atoms with van der Waals surface area (Å²) in [6, 6.07) is 0. The first kappa shape index (κ1) is 45.4. The number of hydrogen-bond acceptors (Lipinski definition) is 11. The van der Waals surface area contributed by atoms with Crippen molar-refractivity contribution >= 4 is 17.7 Å². The van der Waals surface area contributed by atoms with Crippen molar-refractivity contribution in [2.24, 2.45) is 35.5 Å². The van der Waals surface area contributed by atoms with E-state index >= 15 is 0 Å². The molecule has 56 heavy (non-hydrogen) atoms. The molecule has 5 fully saturated rings. The summed E-state index contributed by atoms with van der Waals surface area (Å²) in [5.41, 5.74) is -1.65. The minimum Gasteiger partial charge on any atom is -0.481 e. The van der Waals surface area contributed by atoms with E-state index in [4.69, 9.17) is 28.4 Å². The highest BCUT2D eigenvalue weighted by atomic mass is 16.8. The Morgan fingerprint density at radius 1 is 0.875 bits per heavy atom. The number of Topliss-reactive ketones (excluding diaryl/α,β-unsaturated/α-hetero) is 1. The normalized spacial score (nSPS) is 43.1. The predicted molar refractivity (Wildman–Crippen MR) is 208 cm³/mol. The lowest BCUT2D eigenvalue weighted by Crippen LogP contribution is -2.65. The quantitative estimate of drug-likeness (QED) is 0.153. The van der Waals surface area contributed by atoms with Crippen molar-refractivity contribution in [3.63, 3.8) is 0 Å². The largest absolute Gasteiger partial charge is 0.481 e. The summed E-state index contributed by atoms with van der Waals surface area (Å²) in [6.45, 7) is 19.2. The fraction of sp³-hybridized carbons (Fsp3) is 0.932. The minimum atomic E-state index is -1.29. The number of aliphatic carboxylic acids is 1. The van der Waals surface area contributed by atoms with Gasteiger partial charge in [0, 0.05) is 43.4 Å². The van der Waals surface area contributed by atoms with Crippen LogP contribution >= 0.6 is 0 Å². The van der Waals surface area contributed by atoms with Crippen molar-refractivity contribution in [3.8, 4) is 0 Å². The van der Waals surface area contributed by atoms with E-state index in [1.807, 2.05) is 41.5 Å². The fourth-order valence-electron chi connectivity index (χ4n) is 11.1. The maximum atomic E-state index is 14.5. The molecule has 5 rings (SSSR count). The Hall–Kier alpha value is -1.67. The summed E-state index contributed by atoms with van der Waals surface area (Å²) >= 11 is 0. The smallest absolute Gasteiger partial charge is 0.309 e. The molecule has 3 N–H and O–H groups in total. The first-order chi connectivity index (χ1) is 26.3. The van der Waals surface area contributed by atoms with E-state index in [0.717, 1.165) is 19.3 Å². The van der Waals surface area contributed by atoms with Crippen LogP contribution in [-0.2, 0) is 42.8 Å². The molecule has 17 unspecified atom stereocenters. The summed E-state index contributed by atoms with van der Waals surface area (Å²) in [4.78, 5) is 39.0. The van der Waals surface area contributed by atoms with Gasteiger partial charge in [0.1, 0.15) is 5.78 Å². The highest BCUT2D eigenvalue weighted by molar-refractivity contribution is 5.84. The number of rotatable bonds is 14. The average molecular weight is 795 g/mol. The van der Waals surface area contributed by atoms with Gasteiger partial charge in [0.15, 0.2) is 11.9 Å². The number of aliphatic hydroxyl groups excluding tert-OH is 1. The van der Waals surface area contributed by atoms with Gasteiger partial charge < -0.3 is 43.7 Å². The second kappa shape index (κ2) is 17.9. The SMILES string of the molecule is CCCC(C(=O)O)C1CCCC(C(C)C(O)C(C)C(=O)C(CC)C2OC3(CCC(OC(C)=O)C4(CCC(C)(C5CCC(O)(CC)C(C)O5)O4)O3)C(C)CC2C)O1. The van der Waals surface area contributed by atoms with Gasteiger partial charge in [-0.15, -0.1) is 0 Å². The molecule has 5 aliphatic rings. The van der Waals surface area contributed by atoms with Crippen LogP contribution in [0.1, 0.15) is 159 Å². The van der Waals surface area contributed by atoms with E-state index in [-0.39, 0.29) is 41.8 Å². The summed E-state index contributed by atoms with van der Waals surface area (Å²) < 4.78 is 40.1. The van der Waals surface area contributed by atoms with Crippen molar-refractivity contribution in [1.82, 2.24) is 0 Å². The van der Waals surface area contributed by atoms with E-state index < -0.39 is 76.9 Å². The second-order valence-electron chi connectivity index (χ2n) is 18.7. The van der Waals surface area contributed by atoms with E-state index in [1.54, 1.807) is 6.92 Å². The monoisotopic (exact) mass is 795 g/mol. The van der Waals surface area contributed by atoms with Gasteiger partial charge in [-0.2, -0.15) is 0 Å². The van der Waals surface area contributed by atoms with Gasteiger partial charge in [0.25, 0.3) is 0 Å². The molecule has 17 atom stereocenters. The summed E-state index contributed by atoms with van der Waals surface area (Å²) in [6.07, 6.45) is 4.95. The maximum absolute atomic E-state index is 14.5. The number of carboxylic acid groups (broad SMARTS) is 1. The van der Waals surface area contributed by atoms with Crippen LogP contribution in [0.4, 0.5) is 0 Å². The molecule has 0 aliphatic carbocycles. The molecule has 322 valence electrons.